The third-order valence-electron chi connectivity index (χ3n) is 12.1. The molecule has 310 valence electrons. The molecule has 6 aliphatic rings. The van der Waals surface area contributed by atoms with Crippen molar-refractivity contribution in [3.05, 3.63) is 96.1 Å². The fourth-order valence-corrected chi connectivity index (χ4v) is 8.75. The van der Waals surface area contributed by atoms with Gasteiger partial charge in [0.15, 0.2) is 11.6 Å². The molecule has 2 saturated heterocycles. The summed E-state index contributed by atoms with van der Waals surface area (Å²) in [6.45, 7) is 5.03. The van der Waals surface area contributed by atoms with Gasteiger partial charge in [-0.1, -0.05) is 75.5 Å². The lowest BCUT2D eigenvalue weighted by Crippen LogP contribution is -2.52. The van der Waals surface area contributed by atoms with E-state index in [1.54, 1.807) is 38.6 Å². The standard InChI is InChI=1S/C22H25N5O2.C21H23N5O2.2CH4/c1-14-21(28)25(3)17-11-12-19(23-20(17)26(14)16-9-10-16)27-18(13-24(2)22(27)29)15-7-5-4-6-8-15;1-13-20(27)24(2)16-10-11-18(23-19(16)25(13)15-8-9-15)26-17(12-22-21(26)28)14-6-4-3-5-7-14;;/h4-8,11-12,14,16,18H,9-10,13H2,1-3H3;3-7,10-11,13,15,17H,8-9,12H2,1-2H3,(H,22,28);2*1H4. The molecule has 14 heteroatoms. The van der Waals surface area contributed by atoms with Gasteiger partial charge in [0.1, 0.15) is 23.7 Å². The Kier molecular flexibility index (Phi) is 11.0. The summed E-state index contributed by atoms with van der Waals surface area (Å²) in [4.78, 5) is 73.7. The molecule has 4 fully saturated rings. The molecule has 6 amide bonds. The van der Waals surface area contributed by atoms with Crippen molar-refractivity contribution in [3.8, 4) is 0 Å². The molecule has 14 nitrogen and oxygen atoms in total. The van der Waals surface area contributed by atoms with E-state index in [9.17, 15) is 19.2 Å². The number of hydrogen-bond acceptors (Lipinski definition) is 8. The quantitative estimate of drug-likeness (QED) is 0.221. The van der Waals surface area contributed by atoms with Gasteiger partial charge in [-0.05, 0) is 74.9 Å². The number of aromatic nitrogens is 2. The van der Waals surface area contributed by atoms with Gasteiger partial charge in [0, 0.05) is 46.3 Å². The zero-order chi connectivity index (χ0) is 39.7. The van der Waals surface area contributed by atoms with Crippen molar-refractivity contribution < 1.29 is 19.2 Å². The first kappa shape index (κ1) is 41.0. The molecule has 59 heavy (non-hydrogen) atoms. The predicted molar refractivity (Wildman–Crippen MR) is 233 cm³/mol. The van der Waals surface area contributed by atoms with Crippen LogP contribution in [0.15, 0.2) is 84.9 Å². The highest BCUT2D eigenvalue weighted by molar-refractivity contribution is 6.06. The zero-order valence-electron chi connectivity index (χ0n) is 32.9. The van der Waals surface area contributed by atoms with Crippen molar-refractivity contribution in [3.63, 3.8) is 0 Å². The topological polar surface area (TPSA) is 129 Å². The minimum absolute atomic E-state index is 0. The molecule has 2 aliphatic carbocycles. The van der Waals surface area contributed by atoms with E-state index in [4.69, 9.17) is 9.97 Å². The summed E-state index contributed by atoms with van der Waals surface area (Å²) in [7, 11) is 5.41. The minimum Gasteiger partial charge on any atom is -0.340 e. The number of pyridine rings is 2. The molecule has 1 N–H and O–H groups in total. The fourth-order valence-electron chi connectivity index (χ4n) is 8.75. The number of hydrogen-bond donors (Lipinski definition) is 1. The van der Waals surface area contributed by atoms with Crippen LogP contribution in [0.1, 0.15) is 77.6 Å². The lowest BCUT2D eigenvalue weighted by Gasteiger charge is -2.40. The van der Waals surface area contributed by atoms with Gasteiger partial charge in [0.25, 0.3) is 0 Å². The van der Waals surface area contributed by atoms with E-state index in [0.717, 1.165) is 59.8 Å². The second-order valence-electron chi connectivity index (χ2n) is 15.9. The summed E-state index contributed by atoms with van der Waals surface area (Å²) in [6, 6.07) is 27.4. The maximum Gasteiger partial charge on any atom is 0.326 e. The van der Waals surface area contributed by atoms with Crippen molar-refractivity contribution in [2.24, 2.45) is 0 Å². The van der Waals surface area contributed by atoms with E-state index >= 15 is 0 Å². The van der Waals surface area contributed by atoms with E-state index in [1.807, 2.05) is 106 Å². The second-order valence-corrected chi connectivity index (χ2v) is 15.9. The Bertz CT molecular complexity index is 2230. The molecule has 4 atom stereocenters. The average Bonchev–Trinajstić information content (AvgIpc) is 4.18. The van der Waals surface area contributed by atoms with Crippen LogP contribution in [0.2, 0.25) is 0 Å². The molecule has 4 unspecified atom stereocenters. The van der Waals surface area contributed by atoms with Gasteiger partial charge in [0.2, 0.25) is 11.8 Å². The van der Waals surface area contributed by atoms with Crippen LogP contribution in [0.4, 0.5) is 44.2 Å². The molecule has 2 aromatic heterocycles. The molecular formula is C45H56N10O4. The molecule has 2 aromatic carbocycles. The number of nitrogens with zero attached hydrogens (tertiary/aromatic N) is 9. The molecule has 0 radical (unpaired) electrons. The van der Waals surface area contributed by atoms with Crippen molar-refractivity contribution >= 4 is 58.5 Å². The molecule has 4 aliphatic heterocycles. The average molecular weight is 801 g/mol. The minimum atomic E-state index is -0.246. The van der Waals surface area contributed by atoms with Crippen LogP contribution in [0.25, 0.3) is 0 Å². The normalized spacial score (nSPS) is 23.6. The zero-order valence-corrected chi connectivity index (χ0v) is 32.9. The number of rotatable bonds is 6. The summed E-state index contributed by atoms with van der Waals surface area (Å²) in [5.74, 6) is 3.00. The van der Waals surface area contributed by atoms with Crippen molar-refractivity contribution in [1.29, 1.82) is 0 Å². The van der Waals surface area contributed by atoms with Crippen LogP contribution in [-0.4, -0.2) is 97.1 Å². The van der Waals surface area contributed by atoms with Crippen LogP contribution in [0.3, 0.4) is 0 Å². The summed E-state index contributed by atoms with van der Waals surface area (Å²) in [6.07, 6.45) is 4.29. The lowest BCUT2D eigenvalue weighted by atomic mass is 10.1. The second kappa shape index (κ2) is 15.9. The third-order valence-corrected chi connectivity index (χ3v) is 12.1. The van der Waals surface area contributed by atoms with Gasteiger partial charge >= 0.3 is 12.1 Å². The van der Waals surface area contributed by atoms with E-state index < -0.39 is 0 Å². The van der Waals surface area contributed by atoms with Gasteiger partial charge in [-0.15, -0.1) is 0 Å². The van der Waals surface area contributed by atoms with Gasteiger partial charge < -0.3 is 29.8 Å². The lowest BCUT2D eigenvalue weighted by molar-refractivity contribution is -0.120. The van der Waals surface area contributed by atoms with Crippen molar-refractivity contribution in [2.45, 2.75) is 90.6 Å². The smallest absolute Gasteiger partial charge is 0.326 e. The fraction of sp³-hybridized carbons (Fsp3) is 0.422. The summed E-state index contributed by atoms with van der Waals surface area (Å²) in [5, 5.41) is 2.94. The van der Waals surface area contributed by atoms with Crippen LogP contribution in [0, 0.1) is 0 Å². The Morgan fingerprint density at radius 2 is 1.02 bits per heavy atom. The Morgan fingerprint density at radius 1 is 0.576 bits per heavy atom. The van der Waals surface area contributed by atoms with E-state index in [-0.39, 0.29) is 62.9 Å². The molecule has 0 bridgehead atoms. The van der Waals surface area contributed by atoms with Crippen LogP contribution in [-0.2, 0) is 9.59 Å². The largest absolute Gasteiger partial charge is 0.340 e. The number of anilines is 6. The highest BCUT2D eigenvalue weighted by Crippen LogP contribution is 2.45. The molecule has 0 spiro atoms. The molecule has 2 saturated carbocycles. The highest BCUT2D eigenvalue weighted by Gasteiger charge is 2.46. The Hall–Kier alpha value is -6.18. The van der Waals surface area contributed by atoms with Crippen molar-refractivity contribution in [2.75, 3.05) is 63.6 Å². The summed E-state index contributed by atoms with van der Waals surface area (Å²) < 4.78 is 0. The summed E-state index contributed by atoms with van der Waals surface area (Å²) >= 11 is 0. The molecule has 4 aromatic rings. The predicted octanol–water partition coefficient (Wildman–Crippen LogP) is 6.99. The Labute approximate surface area is 347 Å². The number of benzene rings is 2. The summed E-state index contributed by atoms with van der Waals surface area (Å²) in [5.41, 5.74) is 3.76. The first-order valence-corrected chi connectivity index (χ1v) is 19.9. The van der Waals surface area contributed by atoms with Crippen LogP contribution < -0.4 is 34.7 Å². The van der Waals surface area contributed by atoms with Crippen molar-refractivity contribution in [1.82, 2.24) is 20.2 Å². The number of urea groups is 2. The molecule has 6 heterocycles. The number of carbonyl (C=O) groups excluding carboxylic acids is 4. The van der Waals surface area contributed by atoms with Gasteiger partial charge in [0.05, 0.1) is 23.5 Å². The first-order valence-electron chi connectivity index (χ1n) is 19.9. The maximum absolute atomic E-state index is 13.0. The number of amides is 6. The van der Waals surface area contributed by atoms with Gasteiger partial charge in [-0.2, -0.15) is 0 Å². The van der Waals surface area contributed by atoms with Crippen LogP contribution >= 0.6 is 0 Å². The Morgan fingerprint density at radius 3 is 1.47 bits per heavy atom. The number of fused-ring (bicyclic) bond motifs is 2. The van der Waals surface area contributed by atoms with Gasteiger partial charge in [-0.25, -0.2) is 19.6 Å². The van der Waals surface area contributed by atoms with E-state index in [0.29, 0.717) is 36.8 Å². The maximum atomic E-state index is 13.0. The van der Waals surface area contributed by atoms with E-state index in [2.05, 4.69) is 15.1 Å². The number of nitrogens with one attached hydrogen (secondary N) is 1. The monoisotopic (exact) mass is 800 g/mol. The number of likely N-dealkylation sites (N-methyl/N-ethyl adjacent to an activating group) is 3. The number of carbonyl (C=O) groups is 4. The Balaban J connectivity index is 0.000000173. The van der Waals surface area contributed by atoms with Gasteiger partial charge in [-0.3, -0.25) is 19.4 Å². The highest BCUT2D eigenvalue weighted by atomic mass is 16.2. The molecule has 10 rings (SSSR count). The third kappa shape index (κ3) is 7.08. The van der Waals surface area contributed by atoms with Crippen LogP contribution in [0.5, 0.6) is 0 Å². The van der Waals surface area contributed by atoms with E-state index in [1.165, 1.54) is 0 Å². The SMILES string of the molecule is C.C.CC1C(=O)N(C)c2ccc(N3C(=O)N(C)CC3c3ccccc3)nc2N1C1CC1.CC1C(=O)N(C)c2ccc(N3C(=O)NCC3c3ccccc3)nc2N1C1CC1. The molecular weight excluding hydrogens is 745 g/mol. The first-order chi connectivity index (χ1) is 27.5.